The number of benzene rings is 1. The summed E-state index contributed by atoms with van der Waals surface area (Å²) < 4.78 is 0. The van der Waals surface area contributed by atoms with Gasteiger partial charge in [0, 0.05) is 23.8 Å². The van der Waals surface area contributed by atoms with Gasteiger partial charge in [-0.2, -0.15) is 0 Å². The molecule has 118 valence electrons. The molecule has 2 aliphatic rings. The minimum atomic E-state index is -0.00255. The molecule has 4 rings (SSSR count). The third kappa shape index (κ3) is 2.57. The van der Waals surface area contributed by atoms with Crippen molar-refractivity contribution in [1.82, 2.24) is 0 Å². The van der Waals surface area contributed by atoms with Crippen molar-refractivity contribution in [2.45, 2.75) is 32.7 Å². The van der Waals surface area contributed by atoms with Crippen LogP contribution in [0.4, 0.5) is 11.4 Å². The summed E-state index contributed by atoms with van der Waals surface area (Å²) >= 11 is 1.72. The van der Waals surface area contributed by atoms with Crippen molar-refractivity contribution < 1.29 is 10.1 Å². The highest BCUT2D eigenvalue weighted by Gasteiger charge is 2.41. The summed E-state index contributed by atoms with van der Waals surface area (Å²) in [7, 11) is 0. The number of rotatable bonds is 1. The molecule has 23 heavy (non-hydrogen) atoms. The van der Waals surface area contributed by atoms with Gasteiger partial charge < -0.3 is 10.4 Å². The summed E-state index contributed by atoms with van der Waals surface area (Å²) in [6, 6.07) is 12.4. The second kappa shape index (κ2) is 5.24. The first-order valence-corrected chi connectivity index (χ1v) is 8.86. The highest BCUT2D eigenvalue weighted by atomic mass is 32.1. The quantitative estimate of drug-likeness (QED) is 0.748. The van der Waals surface area contributed by atoms with E-state index in [9.17, 15) is 5.11 Å². The first-order valence-electron chi connectivity index (χ1n) is 7.98. The molecule has 1 aliphatic heterocycles. The Balaban J connectivity index is 1.93. The van der Waals surface area contributed by atoms with Gasteiger partial charge in [0.15, 0.2) is 5.71 Å². The van der Waals surface area contributed by atoms with Crippen LogP contribution in [0.2, 0.25) is 0 Å². The lowest BCUT2D eigenvalue weighted by Crippen LogP contribution is -2.67. The molecular formula is C19H21N2OS+. The fourth-order valence-corrected chi connectivity index (χ4v) is 4.37. The van der Waals surface area contributed by atoms with E-state index in [-0.39, 0.29) is 11.5 Å². The lowest BCUT2D eigenvalue weighted by atomic mass is 9.74. The predicted octanol–water partition coefficient (Wildman–Crippen LogP) is 3.70. The first-order chi connectivity index (χ1) is 11.0. The molecule has 0 saturated heterocycles. The van der Waals surface area contributed by atoms with E-state index in [1.807, 2.05) is 12.1 Å². The van der Waals surface area contributed by atoms with E-state index in [2.05, 4.69) is 53.8 Å². The fraction of sp³-hybridized carbons (Fsp3) is 0.316. The van der Waals surface area contributed by atoms with Gasteiger partial charge in [0.25, 0.3) is 0 Å². The van der Waals surface area contributed by atoms with Crippen molar-refractivity contribution in [2.24, 2.45) is 5.41 Å². The van der Waals surface area contributed by atoms with Gasteiger partial charge in [0.2, 0.25) is 5.69 Å². The molecule has 3 N–H and O–H groups in total. The van der Waals surface area contributed by atoms with Crippen molar-refractivity contribution in [3.05, 3.63) is 58.0 Å². The first kappa shape index (κ1) is 14.5. The van der Waals surface area contributed by atoms with Gasteiger partial charge in [0.1, 0.15) is 11.4 Å². The zero-order valence-corrected chi connectivity index (χ0v) is 14.2. The van der Waals surface area contributed by atoms with E-state index in [1.54, 1.807) is 11.3 Å². The zero-order chi connectivity index (χ0) is 16.0. The Labute approximate surface area is 140 Å². The number of aliphatic hydroxyl groups is 1. The van der Waals surface area contributed by atoms with Gasteiger partial charge in [-0.15, -0.1) is 11.3 Å². The van der Waals surface area contributed by atoms with Crippen LogP contribution in [-0.2, 0) is 0 Å². The average Bonchev–Trinajstić information content (AvgIpc) is 2.95. The number of allylic oxidation sites excluding steroid dienone is 1. The van der Waals surface area contributed by atoms with E-state index in [4.69, 9.17) is 0 Å². The molecule has 1 aromatic heterocycles. The Kier molecular flexibility index (Phi) is 3.31. The molecule has 2 aromatic rings. The number of hydrogen-bond donors (Lipinski definition) is 3. The molecular weight excluding hydrogens is 304 g/mol. The zero-order valence-electron chi connectivity index (χ0n) is 13.4. The highest BCUT2D eigenvalue weighted by molar-refractivity contribution is 7.10. The van der Waals surface area contributed by atoms with Gasteiger partial charge in [-0.25, -0.2) is 4.99 Å². The van der Waals surface area contributed by atoms with Crippen molar-refractivity contribution in [3.63, 3.8) is 0 Å². The van der Waals surface area contributed by atoms with Crippen LogP contribution in [0.3, 0.4) is 0 Å². The molecule has 2 heterocycles. The molecule has 4 heteroatoms. The maximum Gasteiger partial charge on any atom is 0.227 e. The number of nitrogens with one attached hydrogen (secondary N) is 2. The monoisotopic (exact) mass is 325 g/mol. The second-order valence-electron chi connectivity index (χ2n) is 7.12. The minimum absolute atomic E-state index is 0.00255. The Hall–Kier alpha value is -2.07. The Morgan fingerprint density at radius 3 is 2.78 bits per heavy atom. The molecule has 1 atom stereocenters. The van der Waals surface area contributed by atoms with E-state index >= 15 is 0 Å². The van der Waals surface area contributed by atoms with Crippen LogP contribution in [0.25, 0.3) is 0 Å². The molecule has 0 spiro atoms. The van der Waals surface area contributed by atoms with Crippen LogP contribution in [0.15, 0.2) is 53.1 Å². The number of para-hydroxylation sites is 2. The van der Waals surface area contributed by atoms with E-state index < -0.39 is 0 Å². The highest BCUT2D eigenvalue weighted by Crippen LogP contribution is 2.42. The maximum absolute atomic E-state index is 10.8. The molecule has 0 saturated carbocycles. The molecule has 1 aromatic carbocycles. The summed E-state index contributed by atoms with van der Waals surface area (Å²) in [5.41, 5.74) is 4.36. The van der Waals surface area contributed by atoms with Gasteiger partial charge in [-0.3, -0.25) is 0 Å². The van der Waals surface area contributed by atoms with Crippen molar-refractivity contribution in [1.29, 1.82) is 0 Å². The summed E-state index contributed by atoms with van der Waals surface area (Å²) in [5.74, 6) is 0.502. The number of anilines is 1. The lowest BCUT2D eigenvalue weighted by molar-refractivity contribution is -0.354. The molecule has 0 amide bonds. The van der Waals surface area contributed by atoms with E-state index in [1.165, 1.54) is 4.88 Å². The predicted molar refractivity (Wildman–Crippen MR) is 95.4 cm³/mol. The third-order valence-electron chi connectivity index (χ3n) is 4.57. The van der Waals surface area contributed by atoms with Crippen LogP contribution < -0.4 is 10.3 Å². The third-order valence-corrected chi connectivity index (χ3v) is 5.50. The summed E-state index contributed by atoms with van der Waals surface area (Å²) in [6.07, 6.45) is 1.65. The summed E-state index contributed by atoms with van der Waals surface area (Å²) in [5, 5.41) is 16.5. The Morgan fingerprint density at radius 2 is 2.00 bits per heavy atom. The van der Waals surface area contributed by atoms with Crippen LogP contribution in [0.5, 0.6) is 0 Å². The van der Waals surface area contributed by atoms with Crippen LogP contribution >= 0.6 is 11.3 Å². The molecule has 1 aliphatic carbocycles. The fourth-order valence-electron chi connectivity index (χ4n) is 3.59. The molecule has 3 nitrogen and oxygen atoms in total. The number of hydrogen-bond acceptors (Lipinski definition) is 3. The topological polar surface area (TPSA) is 46.2 Å². The van der Waals surface area contributed by atoms with Gasteiger partial charge in [0.05, 0.1) is 11.6 Å². The van der Waals surface area contributed by atoms with Crippen LogP contribution in [0, 0.1) is 5.41 Å². The van der Waals surface area contributed by atoms with E-state index in [0.717, 1.165) is 29.1 Å². The second-order valence-corrected chi connectivity index (χ2v) is 8.10. The number of thiophene rings is 1. The standard InChI is InChI=1S/C19H20N2OS/c1-19(2)10-14-17(15(22)11-19)18(16-8-5-9-23-16)21-13-7-4-3-6-12(13)20-14/h3-9,18,21-22H,10-11H2,1-2H3/p+1. The average molecular weight is 325 g/mol. The van der Waals surface area contributed by atoms with Gasteiger partial charge >= 0.3 is 0 Å². The molecule has 0 fully saturated rings. The van der Waals surface area contributed by atoms with Crippen molar-refractivity contribution in [2.75, 3.05) is 5.32 Å². The van der Waals surface area contributed by atoms with Crippen LogP contribution in [0.1, 0.15) is 37.6 Å². The Bertz CT molecular complexity index is 803. The van der Waals surface area contributed by atoms with Crippen LogP contribution in [-0.4, -0.2) is 10.8 Å². The minimum Gasteiger partial charge on any atom is -0.512 e. The van der Waals surface area contributed by atoms with Crippen molar-refractivity contribution in [3.8, 4) is 0 Å². The molecule has 0 bridgehead atoms. The maximum atomic E-state index is 10.8. The van der Waals surface area contributed by atoms with Crippen molar-refractivity contribution >= 4 is 28.4 Å². The SMILES string of the molecule is CC1(C)CC2=[NH+]c3ccccc3NC(c3cccs3)C2=C(O)C1. The normalized spacial score (nSPS) is 22.5. The summed E-state index contributed by atoms with van der Waals surface area (Å²) in [4.78, 5) is 4.80. The van der Waals surface area contributed by atoms with Gasteiger partial charge in [-0.1, -0.05) is 32.0 Å². The smallest absolute Gasteiger partial charge is 0.227 e. The number of aliphatic hydroxyl groups excluding tert-OH is 1. The number of fused-ring (bicyclic) bond motifs is 2. The van der Waals surface area contributed by atoms with E-state index in [0.29, 0.717) is 12.2 Å². The molecule has 0 radical (unpaired) electrons. The van der Waals surface area contributed by atoms with Gasteiger partial charge in [-0.05, 0) is 22.9 Å². The Morgan fingerprint density at radius 1 is 1.17 bits per heavy atom. The molecule has 1 unspecified atom stereocenters. The lowest BCUT2D eigenvalue weighted by Gasteiger charge is -2.31. The largest absolute Gasteiger partial charge is 0.512 e. The summed E-state index contributed by atoms with van der Waals surface area (Å²) in [6.45, 7) is 4.41.